The molecular formula is C23H26N2OSi. The lowest BCUT2D eigenvalue weighted by atomic mass is 10.0. The fourth-order valence-electron chi connectivity index (χ4n) is 3.76. The highest BCUT2D eigenvalue weighted by Crippen LogP contribution is 2.34. The van der Waals surface area contributed by atoms with Crippen molar-refractivity contribution in [2.24, 2.45) is 5.92 Å². The molecule has 4 aromatic rings. The molecular weight excluding hydrogens is 348 g/mol. The van der Waals surface area contributed by atoms with Crippen LogP contribution in [0, 0.1) is 5.92 Å². The summed E-state index contributed by atoms with van der Waals surface area (Å²) in [5.74, 6) is 0.613. The molecule has 138 valence electrons. The van der Waals surface area contributed by atoms with Gasteiger partial charge in [-0.2, -0.15) is 0 Å². The van der Waals surface area contributed by atoms with Gasteiger partial charge in [0.2, 0.25) is 5.71 Å². The molecule has 0 bridgehead atoms. The van der Waals surface area contributed by atoms with Crippen LogP contribution in [-0.4, -0.2) is 18.0 Å². The van der Waals surface area contributed by atoms with Crippen LogP contribution in [-0.2, 0) is 6.42 Å². The van der Waals surface area contributed by atoms with Crippen LogP contribution < -0.4 is 5.19 Å². The van der Waals surface area contributed by atoms with Crippen molar-refractivity contribution in [3.8, 4) is 11.3 Å². The largest absolute Gasteiger partial charge is 0.437 e. The zero-order chi connectivity index (χ0) is 19.2. The van der Waals surface area contributed by atoms with E-state index in [4.69, 9.17) is 9.40 Å². The Balaban J connectivity index is 1.93. The van der Waals surface area contributed by atoms with Crippen molar-refractivity contribution in [1.29, 1.82) is 0 Å². The second kappa shape index (κ2) is 6.61. The second-order valence-electron chi connectivity index (χ2n) is 8.72. The Hall–Kier alpha value is -2.46. The summed E-state index contributed by atoms with van der Waals surface area (Å²) in [7, 11) is -1.44. The number of furan rings is 1. The highest BCUT2D eigenvalue weighted by atomic mass is 28.3. The number of hydrogen-bond donors (Lipinski definition) is 0. The molecule has 0 aliphatic rings. The maximum Gasteiger partial charge on any atom is 0.227 e. The summed E-state index contributed by atoms with van der Waals surface area (Å²) in [5.41, 5.74) is 5.01. The zero-order valence-corrected chi connectivity index (χ0v) is 17.7. The first kappa shape index (κ1) is 17.9. The second-order valence-corrected chi connectivity index (χ2v) is 13.8. The van der Waals surface area contributed by atoms with Gasteiger partial charge in [0, 0.05) is 28.7 Å². The van der Waals surface area contributed by atoms with E-state index in [1.54, 1.807) is 6.20 Å². The summed E-state index contributed by atoms with van der Waals surface area (Å²) in [6, 6.07) is 12.6. The number of aromatic nitrogens is 2. The lowest BCUT2D eigenvalue weighted by Crippen LogP contribution is -2.40. The molecule has 27 heavy (non-hydrogen) atoms. The van der Waals surface area contributed by atoms with Crippen molar-refractivity contribution < 1.29 is 4.42 Å². The Morgan fingerprint density at radius 2 is 1.78 bits per heavy atom. The summed E-state index contributed by atoms with van der Waals surface area (Å²) >= 11 is 0. The van der Waals surface area contributed by atoms with Gasteiger partial charge >= 0.3 is 0 Å². The molecule has 0 saturated heterocycles. The number of nitrogens with zero attached hydrogens (tertiary/aromatic N) is 2. The third-order valence-electron chi connectivity index (χ3n) is 4.98. The number of pyridine rings is 2. The van der Waals surface area contributed by atoms with Gasteiger partial charge in [0.05, 0.1) is 13.8 Å². The standard InChI is InChI=1S/C23H26N2OSi/c1-15(2)12-16-13-20(25-14-21(16)27(3,4)5)19-9-6-8-17-18-10-7-11-24-23(18)26-22(17)19/h6-11,13-15H,12H2,1-5H3. The number of hydrogen-bond acceptors (Lipinski definition) is 3. The minimum absolute atomic E-state index is 0.613. The fourth-order valence-corrected chi connectivity index (χ4v) is 5.35. The predicted molar refractivity (Wildman–Crippen MR) is 116 cm³/mol. The lowest BCUT2D eigenvalue weighted by molar-refractivity contribution is 0.648. The van der Waals surface area contributed by atoms with Gasteiger partial charge in [0.25, 0.3) is 0 Å². The molecule has 3 aromatic heterocycles. The number of rotatable bonds is 4. The van der Waals surface area contributed by atoms with E-state index in [1.165, 1.54) is 10.8 Å². The van der Waals surface area contributed by atoms with Gasteiger partial charge in [-0.1, -0.05) is 45.6 Å². The minimum Gasteiger partial charge on any atom is -0.437 e. The van der Waals surface area contributed by atoms with Gasteiger partial charge in [-0.3, -0.25) is 4.98 Å². The first-order chi connectivity index (χ1) is 12.8. The van der Waals surface area contributed by atoms with Gasteiger partial charge in [-0.05, 0) is 47.4 Å². The number of para-hydroxylation sites is 1. The monoisotopic (exact) mass is 374 g/mol. The maximum atomic E-state index is 6.11. The third-order valence-corrected chi connectivity index (χ3v) is 7.04. The van der Waals surface area contributed by atoms with E-state index in [2.05, 4.69) is 75.0 Å². The molecule has 3 heterocycles. The molecule has 3 nitrogen and oxygen atoms in total. The van der Waals surface area contributed by atoms with Crippen LogP contribution in [0.25, 0.3) is 33.3 Å². The third kappa shape index (κ3) is 3.30. The normalized spacial score (nSPS) is 12.4. The van der Waals surface area contributed by atoms with Crippen LogP contribution in [0.1, 0.15) is 19.4 Å². The Morgan fingerprint density at radius 1 is 1.00 bits per heavy atom. The zero-order valence-electron chi connectivity index (χ0n) is 16.7. The summed E-state index contributed by atoms with van der Waals surface area (Å²) in [4.78, 5) is 9.23. The van der Waals surface area contributed by atoms with Gasteiger partial charge in [0.15, 0.2) is 0 Å². The lowest BCUT2D eigenvalue weighted by Gasteiger charge is -2.22. The molecule has 0 N–H and O–H groups in total. The van der Waals surface area contributed by atoms with Gasteiger partial charge in [0.1, 0.15) is 5.58 Å². The first-order valence-electron chi connectivity index (χ1n) is 9.60. The van der Waals surface area contributed by atoms with E-state index < -0.39 is 8.07 Å². The summed E-state index contributed by atoms with van der Waals surface area (Å²) in [6.45, 7) is 11.7. The van der Waals surface area contributed by atoms with Crippen molar-refractivity contribution in [2.75, 3.05) is 0 Å². The summed E-state index contributed by atoms with van der Waals surface area (Å²) < 4.78 is 6.11. The van der Waals surface area contributed by atoms with E-state index in [0.29, 0.717) is 11.6 Å². The van der Waals surface area contributed by atoms with Gasteiger partial charge < -0.3 is 4.42 Å². The highest BCUT2D eigenvalue weighted by molar-refractivity contribution is 6.89. The van der Waals surface area contributed by atoms with Crippen molar-refractivity contribution >= 4 is 35.3 Å². The maximum absolute atomic E-state index is 6.11. The van der Waals surface area contributed by atoms with E-state index in [1.807, 2.05) is 6.07 Å². The van der Waals surface area contributed by atoms with Crippen LogP contribution in [0.5, 0.6) is 0 Å². The molecule has 0 aliphatic carbocycles. The van der Waals surface area contributed by atoms with E-state index >= 15 is 0 Å². The molecule has 1 aromatic carbocycles. The fraction of sp³-hybridized carbons (Fsp3) is 0.304. The molecule has 0 spiro atoms. The Morgan fingerprint density at radius 3 is 2.52 bits per heavy atom. The van der Waals surface area contributed by atoms with Crippen LogP contribution >= 0.6 is 0 Å². The van der Waals surface area contributed by atoms with Crippen LogP contribution in [0.3, 0.4) is 0 Å². The van der Waals surface area contributed by atoms with Gasteiger partial charge in [-0.15, -0.1) is 0 Å². The van der Waals surface area contributed by atoms with Crippen LogP contribution in [0.4, 0.5) is 0 Å². The number of fused-ring (bicyclic) bond motifs is 3. The quantitative estimate of drug-likeness (QED) is 0.425. The predicted octanol–water partition coefficient (Wildman–Crippen LogP) is 5.79. The van der Waals surface area contributed by atoms with Crippen molar-refractivity contribution in [1.82, 2.24) is 9.97 Å². The topological polar surface area (TPSA) is 38.9 Å². The van der Waals surface area contributed by atoms with Crippen molar-refractivity contribution in [3.05, 3.63) is 54.4 Å². The molecule has 0 radical (unpaired) electrons. The van der Waals surface area contributed by atoms with Crippen molar-refractivity contribution in [3.63, 3.8) is 0 Å². The average Bonchev–Trinajstić information content (AvgIpc) is 2.99. The van der Waals surface area contributed by atoms with Gasteiger partial charge in [-0.25, -0.2) is 4.98 Å². The SMILES string of the molecule is CC(C)Cc1cc(-c2cccc3c2oc2ncccc23)ncc1[Si](C)(C)C. The average molecular weight is 375 g/mol. The van der Waals surface area contributed by atoms with Crippen molar-refractivity contribution in [2.45, 2.75) is 39.9 Å². The molecule has 4 heteroatoms. The highest BCUT2D eigenvalue weighted by Gasteiger charge is 2.22. The molecule has 4 rings (SSSR count). The molecule has 0 fully saturated rings. The molecule has 0 atom stereocenters. The van der Waals surface area contributed by atoms with E-state index in [0.717, 1.165) is 34.0 Å². The molecule has 0 saturated carbocycles. The Bertz CT molecular complexity index is 1120. The van der Waals surface area contributed by atoms with E-state index in [-0.39, 0.29) is 0 Å². The Labute approximate surface area is 161 Å². The number of benzene rings is 1. The smallest absolute Gasteiger partial charge is 0.227 e. The molecule has 0 unspecified atom stereocenters. The molecule has 0 aliphatic heterocycles. The minimum atomic E-state index is -1.44. The van der Waals surface area contributed by atoms with E-state index in [9.17, 15) is 0 Å². The van der Waals surface area contributed by atoms with Crippen LogP contribution in [0.2, 0.25) is 19.6 Å². The summed E-state index contributed by atoms with van der Waals surface area (Å²) in [6.07, 6.45) is 4.96. The van der Waals surface area contributed by atoms with Crippen LogP contribution in [0.15, 0.2) is 53.2 Å². The first-order valence-corrected chi connectivity index (χ1v) is 13.1. The molecule has 0 amide bonds. The summed E-state index contributed by atoms with van der Waals surface area (Å²) in [5, 5.41) is 3.60. The Kier molecular flexibility index (Phi) is 4.39.